The maximum absolute atomic E-state index is 11.7. The van der Waals surface area contributed by atoms with Crippen molar-refractivity contribution in [1.82, 2.24) is 20.0 Å². The number of aromatic nitrogens is 4. The van der Waals surface area contributed by atoms with E-state index in [9.17, 15) is 9.90 Å². The fourth-order valence-corrected chi connectivity index (χ4v) is 3.64. The first kappa shape index (κ1) is 21.1. The van der Waals surface area contributed by atoms with Gasteiger partial charge in [-0.25, -0.2) is 9.48 Å². The molecule has 0 saturated heterocycles. The number of hydrogen-bond donors (Lipinski definition) is 1. The maximum Gasteiger partial charge on any atom is 0.362 e. The number of benzene rings is 3. The van der Waals surface area contributed by atoms with Crippen LogP contribution in [0.2, 0.25) is 0 Å². The highest BCUT2D eigenvalue weighted by Gasteiger charge is 2.22. The van der Waals surface area contributed by atoms with Crippen LogP contribution in [0.1, 0.15) is 16.1 Å². The summed E-state index contributed by atoms with van der Waals surface area (Å²) < 4.78 is 12.6. The minimum atomic E-state index is -1.21. The Labute approximate surface area is 195 Å². The molecule has 0 unspecified atom stereocenters. The standard InChI is InChI=1S/C26H20N4O4/c1-33-22-8-2-17(3-9-22)16-30-25(24(26(31)32)28-29-30)34-23-10-6-18(7-11-23)19-4-5-21-15-27-13-12-20(21)14-19/h2-15H,16H2,1H3,(H,31,32). The van der Waals surface area contributed by atoms with Gasteiger partial charge in [0.2, 0.25) is 5.69 Å². The topological polar surface area (TPSA) is 99.4 Å². The van der Waals surface area contributed by atoms with Crippen LogP contribution in [-0.2, 0) is 6.54 Å². The third-order valence-corrected chi connectivity index (χ3v) is 5.43. The van der Waals surface area contributed by atoms with Crippen molar-refractivity contribution in [1.29, 1.82) is 0 Å². The van der Waals surface area contributed by atoms with Crippen LogP contribution in [0, 0.1) is 0 Å². The summed E-state index contributed by atoms with van der Waals surface area (Å²) in [5.41, 5.74) is 2.71. The Hall–Kier alpha value is -4.72. The average molecular weight is 452 g/mol. The van der Waals surface area contributed by atoms with Crippen molar-refractivity contribution in [2.24, 2.45) is 0 Å². The fraction of sp³-hybridized carbons (Fsp3) is 0.0769. The van der Waals surface area contributed by atoms with Crippen molar-refractivity contribution in [2.45, 2.75) is 6.54 Å². The second-order valence-corrected chi connectivity index (χ2v) is 7.62. The predicted octanol–water partition coefficient (Wildman–Crippen LogP) is 5.04. The molecule has 5 aromatic rings. The number of aromatic carboxylic acids is 1. The Balaban J connectivity index is 1.40. The SMILES string of the molecule is COc1ccc(Cn2nnc(C(=O)O)c2Oc2ccc(-c3ccc4cnccc4c3)cc2)cc1. The molecule has 0 aliphatic heterocycles. The Morgan fingerprint density at radius 1 is 0.912 bits per heavy atom. The number of ether oxygens (including phenoxy) is 2. The number of hydrogen-bond acceptors (Lipinski definition) is 6. The number of pyridine rings is 1. The molecular weight excluding hydrogens is 432 g/mol. The second kappa shape index (κ2) is 9.03. The molecule has 0 atom stereocenters. The first-order valence-corrected chi connectivity index (χ1v) is 10.5. The molecule has 0 amide bonds. The van der Waals surface area contributed by atoms with E-state index < -0.39 is 5.97 Å². The molecule has 0 aliphatic rings. The zero-order valence-corrected chi connectivity index (χ0v) is 18.3. The van der Waals surface area contributed by atoms with Gasteiger partial charge in [0.1, 0.15) is 11.5 Å². The Morgan fingerprint density at radius 3 is 2.38 bits per heavy atom. The molecule has 8 nitrogen and oxygen atoms in total. The molecule has 168 valence electrons. The summed E-state index contributed by atoms with van der Waals surface area (Å²) >= 11 is 0. The van der Waals surface area contributed by atoms with Crippen molar-refractivity contribution >= 4 is 16.7 Å². The molecule has 2 aromatic heterocycles. The number of carbonyl (C=O) groups is 1. The number of carboxylic acids is 1. The molecule has 1 N–H and O–H groups in total. The summed E-state index contributed by atoms with van der Waals surface area (Å²) in [6.07, 6.45) is 3.60. The Kier molecular flexibility index (Phi) is 5.61. The van der Waals surface area contributed by atoms with E-state index in [1.807, 2.05) is 60.8 Å². The number of carboxylic acid groups (broad SMARTS) is 1. The van der Waals surface area contributed by atoms with E-state index in [-0.39, 0.29) is 11.6 Å². The summed E-state index contributed by atoms with van der Waals surface area (Å²) in [7, 11) is 1.60. The lowest BCUT2D eigenvalue weighted by atomic mass is 10.0. The van der Waals surface area contributed by atoms with Gasteiger partial charge < -0.3 is 14.6 Å². The van der Waals surface area contributed by atoms with Gasteiger partial charge in [0.05, 0.1) is 13.7 Å². The van der Waals surface area contributed by atoms with E-state index in [1.54, 1.807) is 25.4 Å². The zero-order chi connectivity index (χ0) is 23.5. The monoisotopic (exact) mass is 452 g/mol. The van der Waals surface area contributed by atoms with Crippen LogP contribution in [0.15, 0.2) is 85.2 Å². The molecule has 3 aromatic carbocycles. The minimum absolute atomic E-state index is 0.0641. The van der Waals surface area contributed by atoms with Gasteiger partial charge in [0.25, 0.3) is 5.88 Å². The molecule has 0 aliphatic carbocycles. The summed E-state index contributed by atoms with van der Waals surface area (Å²) in [5, 5.41) is 19.5. The Bertz CT molecular complexity index is 1460. The minimum Gasteiger partial charge on any atom is -0.497 e. The average Bonchev–Trinajstić information content (AvgIpc) is 3.27. The lowest BCUT2D eigenvalue weighted by molar-refractivity contribution is 0.0687. The van der Waals surface area contributed by atoms with Gasteiger partial charge in [-0.05, 0) is 58.5 Å². The number of nitrogens with zero attached hydrogens (tertiary/aromatic N) is 4. The van der Waals surface area contributed by atoms with Gasteiger partial charge in [-0.3, -0.25) is 4.98 Å². The van der Waals surface area contributed by atoms with E-state index in [2.05, 4.69) is 21.4 Å². The van der Waals surface area contributed by atoms with Gasteiger partial charge in [-0.15, -0.1) is 5.10 Å². The molecule has 0 bridgehead atoms. The molecule has 8 heteroatoms. The van der Waals surface area contributed by atoms with Crippen molar-refractivity contribution < 1.29 is 19.4 Å². The van der Waals surface area contributed by atoms with Gasteiger partial charge in [-0.2, -0.15) is 0 Å². The summed E-state index contributed by atoms with van der Waals surface area (Å²) in [5.74, 6) is 0.0651. The molecule has 0 fully saturated rings. The van der Waals surface area contributed by atoms with E-state index in [0.29, 0.717) is 12.3 Å². The second-order valence-electron chi connectivity index (χ2n) is 7.62. The summed E-state index contributed by atoms with van der Waals surface area (Å²) in [6.45, 7) is 0.295. The van der Waals surface area contributed by atoms with Crippen molar-refractivity contribution in [2.75, 3.05) is 7.11 Å². The molecular formula is C26H20N4O4. The number of fused-ring (bicyclic) bond motifs is 1. The van der Waals surface area contributed by atoms with Gasteiger partial charge in [0, 0.05) is 17.8 Å². The normalized spacial score (nSPS) is 10.9. The smallest absolute Gasteiger partial charge is 0.362 e. The van der Waals surface area contributed by atoms with Gasteiger partial charge in [0.15, 0.2) is 0 Å². The van der Waals surface area contributed by atoms with Crippen LogP contribution >= 0.6 is 0 Å². The lowest BCUT2D eigenvalue weighted by Crippen LogP contribution is -2.06. The summed E-state index contributed by atoms with van der Waals surface area (Å²) in [6, 6.07) is 23.0. The van der Waals surface area contributed by atoms with Crippen LogP contribution in [-0.4, -0.2) is 38.2 Å². The first-order chi connectivity index (χ1) is 16.6. The quantitative estimate of drug-likeness (QED) is 0.369. The van der Waals surface area contributed by atoms with Crippen LogP contribution in [0.3, 0.4) is 0 Å². The molecule has 2 heterocycles. The van der Waals surface area contributed by atoms with Crippen molar-refractivity contribution in [3.8, 4) is 28.5 Å². The molecule has 34 heavy (non-hydrogen) atoms. The van der Waals surface area contributed by atoms with Crippen LogP contribution in [0.25, 0.3) is 21.9 Å². The highest BCUT2D eigenvalue weighted by molar-refractivity contribution is 5.88. The van der Waals surface area contributed by atoms with Gasteiger partial charge in [-0.1, -0.05) is 41.6 Å². The molecule has 0 saturated carbocycles. The molecule has 0 radical (unpaired) electrons. The highest BCUT2D eigenvalue weighted by Crippen LogP contribution is 2.29. The van der Waals surface area contributed by atoms with Crippen LogP contribution in [0.5, 0.6) is 17.4 Å². The van der Waals surface area contributed by atoms with E-state index >= 15 is 0 Å². The molecule has 5 rings (SSSR count). The number of methoxy groups -OCH3 is 1. The van der Waals surface area contributed by atoms with Crippen LogP contribution < -0.4 is 9.47 Å². The van der Waals surface area contributed by atoms with E-state index in [4.69, 9.17) is 9.47 Å². The lowest BCUT2D eigenvalue weighted by Gasteiger charge is -2.10. The van der Waals surface area contributed by atoms with Gasteiger partial charge >= 0.3 is 5.97 Å². The third-order valence-electron chi connectivity index (χ3n) is 5.43. The largest absolute Gasteiger partial charge is 0.497 e. The zero-order valence-electron chi connectivity index (χ0n) is 18.3. The van der Waals surface area contributed by atoms with E-state index in [0.717, 1.165) is 33.2 Å². The van der Waals surface area contributed by atoms with Crippen molar-refractivity contribution in [3.05, 3.63) is 96.4 Å². The first-order valence-electron chi connectivity index (χ1n) is 10.5. The van der Waals surface area contributed by atoms with Crippen molar-refractivity contribution in [3.63, 3.8) is 0 Å². The predicted molar refractivity (Wildman–Crippen MR) is 126 cm³/mol. The highest BCUT2D eigenvalue weighted by atomic mass is 16.5. The van der Waals surface area contributed by atoms with Crippen LogP contribution in [0.4, 0.5) is 0 Å². The third kappa shape index (κ3) is 4.29. The maximum atomic E-state index is 11.7. The number of rotatable bonds is 7. The fourth-order valence-electron chi connectivity index (χ4n) is 3.64. The summed E-state index contributed by atoms with van der Waals surface area (Å²) in [4.78, 5) is 15.8. The van der Waals surface area contributed by atoms with E-state index in [1.165, 1.54) is 4.68 Å². The molecule has 0 spiro atoms. The Morgan fingerprint density at radius 2 is 1.65 bits per heavy atom.